The highest BCUT2D eigenvalue weighted by molar-refractivity contribution is 14.0. The molecule has 1 atom stereocenters. The summed E-state index contributed by atoms with van der Waals surface area (Å²) in [5.74, 6) is 2.04. The minimum absolute atomic E-state index is 0. The summed E-state index contributed by atoms with van der Waals surface area (Å²) in [5.41, 5.74) is 0.980. The third kappa shape index (κ3) is 7.15. The molecule has 1 fully saturated rings. The first-order valence-corrected chi connectivity index (χ1v) is 10.3. The number of nitrogens with one attached hydrogen (secondary N) is 2. The molecule has 1 aromatic carbocycles. The maximum Gasteiger partial charge on any atom is 0.191 e. The summed E-state index contributed by atoms with van der Waals surface area (Å²) in [4.78, 5) is 7.23. The summed E-state index contributed by atoms with van der Waals surface area (Å²) in [6.45, 7) is 11.3. The van der Waals surface area contributed by atoms with Crippen molar-refractivity contribution in [3.63, 3.8) is 0 Å². The Kier molecular flexibility index (Phi) is 11.9. The molecule has 1 aromatic rings. The van der Waals surface area contributed by atoms with E-state index in [1.807, 2.05) is 19.1 Å². The maximum absolute atomic E-state index is 6.36. The predicted octanol–water partition coefficient (Wildman–Crippen LogP) is 3.90. The van der Waals surface area contributed by atoms with Crippen molar-refractivity contribution in [1.29, 1.82) is 0 Å². The van der Waals surface area contributed by atoms with Crippen molar-refractivity contribution >= 4 is 41.5 Å². The predicted molar refractivity (Wildman–Crippen MR) is 128 cm³/mol. The van der Waals surface area contributed by atoms with Crippen LogP contribution < -0.4 is 20.1 Å². The van der Waals surface area contributed by atoms with E-state index in [0.717, 1.165) is 31.2 Å². The highest BCUT2D eigenvalue weighted by Gasteiger charge is 2.22. The number of likely N-dealkylation sites (tertiary alicyclic amines) is 1. The van der Waals surface area contributed by atoms with Gasteiger partial charge in [-0.25, -0.2) is 4.99 Å². The molecule has 2 rings (SSSR count). The lowest BCUT2D eigenvalue weighted by molar-refractivity contribution is 0.267. The van der Waals surface area contributed by atoms with Crippen LogP contribution in [0.25, 0.3) is 0 Å². The number of ether oxygens (including phenoxy) is 2. The van der Waals surface area contributed by atoms with E-state index in [-0.39, 0.29) is 24.0 Å². The zero-order valence-electron chi connectivity index (χ0n) is 17.4. The Morgan fingerprint density at radius 3 is 2.71 bits per heavy atom. The van der Waals surface area contributed by atoms with Gasteiger partial charge in [-0.05, 0) is 57.5 Å². The van der Waals surface area contributed by atoms with Gasteiger partial charge in [-0.2, -0.15) is 0 Å². The van der Waals surface area contributed by atoms with Crippen LogP contribution in [0.1, 0.15) is 39.2 Å². The topological polar surface area (TPSA) is 58.1 Å². The van der Waals surface area contributed by atoms with Gasteiger partial charge in [-0.15, -0.1) is 24.0 Å². The molecule has 1 heterocycles. The zero-order valence-corrected chi connectivity index (χ0v) is 20.5. The van der Waals surface area contributed by atoms with Crippen molar-refractivity contribution in [2.24, 2.45) is 4.99 Å². The minimum atomic E-state index is 0. The monoisotopic (exact) mass is 524 g/mol. The third-order valence-corrected chi connectivity index (χ3v) is 5.03. The zero-order chi connectivity index (χ0) is 19.6. The lowest BCUT2D eigenvalue weighted by atomic mass is 10.2. The summed E-state index contributed by atoms with van der Waals surface area (Å²) in [5, 5.41) is 7.34. The number of nitrogens with zero attached hydrogens (tertiary/aromatic N) is 2. The molecule has 28 heavy (non-hydrogen) atoms. The third-order valence-electron chi connectivity index (χ3n) is 4.75. The number of likely N-dealkylation sites (N-methyl/N-ethyl adjacent to an activating group) is 1. The van der Waals surface area contributed by atoms with Crippen molar-refractivity contribution in [1.82, 2.24) is 15.5 Å². The Labute approximate surface area is 191 Å². The van der Waals surface area contributed by atoms with E-state index in [0.29, 0.717) is 35.7 Å². The second-order valence-electron chi connectivity index (χ2n) is 6.54. The van der Waals surface area contributed by atoms with Gasteiger partial charge in [0, 0.05) is 19.1 Å². The van der Waals surface area contributed by atoms with Gasteiger partial charge in [0.1, 0.15) is 0 Å². The number of halogens is 2. The average molecular weight is 525 g/mol. The van der Waals surface area contributed by atoms with Crippen LogP contribution in [0.3, 0.4) is 0 Å². The molecule has 0 amide bonds. The molecule has 0 aromatic heterocycles. The molecule has 1 aliphatic rings. The Balaban J connectivity index is 0.00000392. The summed E-state index contributed by atoms with van der Waals surface area (Å²) >= 11 is 6.36. The smallest absolute Gasteiger partial charge is 0.191 e. The fraction of sp³-hybridized carbons (Fsp3) is 0.650. The Hall–Kier alpha value is -0.930. The maximum atomic E-state index is 6.36. The molecule has 0 aliphatic carbocycles. The van der Waals surface area contributed by atoms with Crippen molar-refractivity contribution in [2.45, 2.75) is 46.2 Å². The second-order valence-corrected chi connectivity index (χ2v) is 6.95. The van der Waals surface area contributed by atoms with Crippen LogP contribution in [0.15, 0.2) is 17.1 Å². The number of rotatable bonds is 9. The molecular weight excluding hydrogens is 491 g/mol. The first-order valence-electron chi connectivity index (χ1n) is 9.88. The van der Waals surface area contributed by atoms with E-state index in [2.05, 4.69) is 29.4 Å². The van der Waals surface area contributed by atoms with Crippen molar-refractivity contribution in [3.8, 4) is 11.5 Å². The normalized spacial score (nSPS) is 17.2. The average Bonchev–Trinajstić information content (AvgIpc) is 3.13. The van der Waals surface area contributed by atoms with Crippen LogP contribution in [-0.4, -0.2) is 56.8 Å². The van der Waals surface area contributed by atoms with Gasteiger partial charge in [0.2, 0.25) is 0 Å². The molecule has 2 N–H and O–H groups in total. The minimum Gasteiger partial charge on any atom is -0.493 e. The van der Waals surface area contributed by atoms with Crippen molar-refractivity contribution < 1.29 is 9.47 Å². The van der Waals surface area contributed by atoms with E-state index < -0.39 is 0 Å². The molecule has 1 aliphatic heterocycles. The Bertz CT molecular complexity index is 630. The largest absolute Gasteiger partial charge is 0.493 e. The SMILES string of the molecule is CCNC(=NCc1cc(Cl)c(OCC)c(OC)c1)NCC1CCCN1CC.I. The van der Waals surface area contributed by atoms with Gasteiger partial charge in [-0.3, -0.25) is 4.90 Å². The van der Waals surface area contributed by atoms with Crippen molar-refractivity contribution in [2.75, 3.05) is 39.9 Å². The molecule has 0 radical (unpaired) electrons. The van der Waals surface area contributed by atoms with Gasteiger partial charge in [-0.1, -0.05) is 18.5 Å². The molecular formula is C20H34ClIN4O2. The highest BCUT2D eigenvalue weighted by atomic mass is 127. The Morgan fingerprint density at radius 2 is 2.07 bits per heavy atom. The molecule has 6 nitrogen and oxygen atoms in total. The molecule has 0 bridgehead atoms. The molecule has 0 saturated carbocycles. The standard InChI is InChI=1S/C20H33ClN4O2.HI/c1-5-22-20(24-14-16-9-8-10-25(16)6-2)23-13-15-11-17(21)19(27-7-3)18(12-15)26-4;/h11-12,16H,5-10,13-14H2,1-4H3,(H2,22,23,24);1H. The first kappa shape index (κ1) is 25.1. The van der Waals surface area contributed by atoms with E-state index in [1.54, 1.807) is 7.11 Å². The van der Waals surface area contributed by atoms with Crippen LogP contribution in [0.2, 0.25) is 5.02 Å². The number of hydrogen-bond donors (Lipinski definition) is 2. The number of hydrogen-bond acceptors (Lipinski definition) is 4. The van der Waals surface area contributed by atoms with E-state index in [9.17, 15) is 0 Å². The lowest BCUT2D eigenvalue weighted by Gasteiger charge is -2.24. The van der Waals surface area contributed by atoms with Crippen LogP contribution in [0.5, 0.6) is 11.5 Å². The molecule has 1 unspecified atom stereocenters. The van der Waals surface area contributed by atoms with E-state index in [1.165, 1.54) is 19.4 Å². The van der Waals surface area contributed by atoms with Gasteiger partial charge < -0.3 is 20.1 Å². The number of methoxy groups -OCH3 is 1. The second kappa shape index (κ2) is 13.3. The van der Waals surface area contributed by atoms with E-state index in [4.69, 9.17) is 26.1 Å². The molecule has 1 saturated heterocycles. The van der Waals surface area contributed by atoms with Gasteiger partial charge >= 0.3 is 0 Å². The van der Waals surface area contributed by atoms with E-state index >= 15 is 0 Å². The summed E-state index contributed by atoms with van der Waals surface area (Å²) in [7, 11) is 1.62. The summed E-state index contributed by atoms with van der Waals surface area (Å²) in [6, 6.07) is 4.40. The first-order chi connectivity index (χ1) is 13.1. The fourth-order valence-electron chi connectivity index (χ4n) is 3.42. The van der Waals surface area contributed by atoms with Crippen LogP contribution in [-0.2, 0) is 6.54 Å². The van der Waals surface area contributed by atoms with Gasteiger partial charge in [0.15, 0.2) is 17.5 Å². The van der Waals surface area contributed by atoms with Crippen LogP contribution in [0, 0.1) is 0 Å². The van der Waals surface area contributed by atoms with Crippen molar-refractivity contribution in [3.05, 3.63) is 22.7 Å². The fourth-order valence-corrected chi connectivity index (χ4v) is 3.71. The summed E-state index contributed by atoms with van der Waals surface area (Å²) < 4.78 is 11.0. The highest BCUT2D eigenvalue weighted by Crippen LogP contribution is 2.36. The number of benzene rings is 1. The van der Waals surface area contributed by atoms with Gasteiger partial charge in [0.05, 0.1) is 25.3 Å². The quantitative estimate of drug-likeness (QED) is 0.291. The molecule has 8 heteroatoms. The van der Waals surface area contributed by atoms with Crippen LogP contribution >= 0.6 is 35.6 Å². The summed E-state index contributed by atoms with van der Waals surface area (Å²) in [6.07, 6.45) is 2.52. The number of guanidine groups is 1. The lowest BCUT2D eigenvalue weighted by Crippen LogP contribution is -2.44. The number of aliphatic imine (C=N–C) groups is 1. The van der Waals surface area contributed by atoms with Crippen LogP contribution in [0.4, 0.5) is 0 Å². The molecule has 160 valence electrons. The van der Waals surface area contributed by atoms with Gasteiger partial charge in [0.25, 0.3) is 0 Å². The Morgan fingerprint density at radius 1 is 1.29 bits per heavy atom. The molecule has 0 spiro atoms.